The number of carbonyl (C=O) groups is 2. The van der Waals surface area contributed by atoms with Crippen LogP contribution in [0.25, 0.3) is 0 Å². The van der Waals surface area contributed by atoms with Crippen LogP contribution in [0.15, 0.2) is 36.5 Å². The van der Waals surface area contributed by atoms with Crippen LogP contribution in [0.4, 0.5) is 10.1 Å². The average Bonchev–Trinajstić information content (AvgIpc) is 2.79. The van der Waals surface area contributed by atoms with Crippen LogP contribution in [-0.2, 0) is 11.8 Å². The molecule has 0 saturated carbocycles. The van der Waals surface area contributed by atoms with E-state index in [1.165, 1.54) is 12.1 Å². The molecular formula is C14H13FN2O2. The maximum atomic E-state index is 13.3. The minimum absolute atomic E-state index is 0.260. The molecule has 0 atom stereocenters. The van der Waals surface area contributed by atoms with Gasteiger partial charge in [-0.25, -0.2) is 4.39 Å². The van der Waals surface area contributed by atoms with E-state index in [1.807, 2.05) is 0 Å². The van der Waals surface area contributed by atoms with Crippen molar-refractivity contribution in [2.45, 2.75) is 6.92 Å². The van der Waals surface area contributed by atoms with Crippen molar-refractivity contribution in [3.8, 4) is 0 Å². The number of aryl methyl sites for hydroxylation is 2. The van der Waals surface area contributed by atoms with Gasteiger partial charge in [-0.05, 0) is 36.8 Å². The highest BCUT2D eigenvalue weighted by molar-refractivity contribution is 6.46. The minimum atomic E-state index is -0.787. The molecular weight excluding hydrogens is 247 g/mol. The van der Waals surface area contributed by atoms with Gasteiger partial charge in [0.2, 0.25) is 0 Å². The molecule has 0 spiro atoms. The minimum Gasteiger partial charge on any atom is -0.348 e. The van der Waals surface area contributed by atoms with Crippen molar-refractivity contribution in [2.24, 2.45) is 7.05 Å². The molecule has 1 aromatic carbocycles. The zero-order valence-corrected chi connectivity index (χ0v) is 10.6. The number of nitrogens with one attached hydrogen (secondary N) is 1. The first-order valence-corrected chi connectivity index (χ1v) is 5.72. The summed E-state index contributed by atoms with van der Waals surface area (Å²) in [4.78, 5) is 23.6. The summed E-state index contributed by atoms with van der Waals surface area (Å²) in [5, 5.41) is 2.38. The molecule has 0 aliphatic rings. The topological polar surface area (TPSA) is 51.1 Å². The number of carbonyl (C=O) groups excluding carboxylic acids is 2. The first-order valence-electron chi connectivity index (χ1n) is 5.72. The van der Waals surface area contributed by atoms with E-state index in [1.54, 1.807) is 42.9 Å². The van der Waals surface area contributed by atoms with Crippen LogP contribution in [0.2, 0.25) is 0 Å². The molecule has 98 valence electrons. The Bertz CT molecular complexity index is 647. The second-order valence-corrected chi connectivity index (χ2v) is 4.25. The number of rotatable bonds is 3. The number of ketones is 1. The first kappa shape index (κ1) is 13.0. The molecule has 2 rings (SSSR count). The summed E-state index contributed by atoms with van der Waals surface area (Å²) in [6.45, 7) is 1.62. The lowest BCUT2D eigenvalue weighted by Gasteiger charge is -2.06. The van der Waals surface area contributed by atoms with Crippen LogP contribution in [0.1, 0.15) is 16.1 Å². The van der Waals surface area contributed by atoms with Gasteiger partial charge in [0.25, 0.3) is 11.7 Å². The Morgan fingerprint density at radius 2 is 2.00 bits per heavy atom. The summed E-state index contributed by atoms with van der Waals surface area (Å²) in [5.41, 5.74) is 1.02. The monoisotopic (exact) mass is 260 g/mol. The van der Waals surface area contributed by atoms with Gasteiger partial charge >= 0.3 is 0 Å². The van der Waals surface area contributed by atoms with E-state index in [0.29, 0.717) is 5.56 Å². The molecule has 0 saturated heterocycles. The van der Waals surface area contributed by atoms with E-state index >= 15 is 0 Å². The van der Waals surface area contributed by atoms with Gasteiger partial charge in [0.15, 0.2) is 0 Å². The largest absolute Gasteiger partial charge is 0.348 e. The highest BCUT2D eigenvalue weighted by Crippen LogP contribution is 2.14. The summed E-state index contributed by atoms with van der Waals surface area (Å²) in [6.07, 6.45) is 1.67. The molecule has 5 heteroatoms. The molecule has 0 unspecified atom stereocenters. The van der Waals surface area contributed by atoms with Crippen molar-refractivity contribution in [2.75, 3.05) is 5.32 Å². The van der Waals surface area contributed by atoms with Crippen LogP contribution >= 0.6 is 0 Å². The third-order valence-corrected chi connectivity index (χ3v) is 2.81. The summed E-state index contributed by atoms with van der Waals surface area (Å²) >= 11 is 0. The van der Waals surface area contributed by atoms with E-state index < -0.39 is 17.5 Å². The summed E-state index contributed by atoms with van der Waals surface area (Å²) in [5.74, 6) is -1.87. The highest BCUT2D eigenvalue weighted by Gasteiger charge is 2.18. The van der Waals surface area contributed by atoms with Gasteiger partial charge in [-0.2, -0.15) is 0 Å². The Kier molecular flexibility index (Phi) is 3.46. The molecule has 0 aliphatic heterocycles. The fraction of sp³-hybridized carbons (Fsp3) is 0.143. The Morgan fingerprint density at radius 3 is 2.58 bits per heavy atom. The number of Topliss-reactive ketones (excluding diaryl/α,β-unsaturated/α-hetero) is 1. The fourth-order valence-corrected chi connectivity index (χ4v) is 1.67. The number of benzene rings is 1. The molecule has 4 nitrogen and oxygen atoms in total. The second-order valence-electron chi connectivity index (χ2n) is 4.25. The molecule has 0 aliphatic carbocycles. The van der Waals surface area contributed by atoms with Gasteiger partial charge in [0.1, 0.15) is 5.82 Å². The van der Waals surface area contributed by atoms with Gasteiger partial charge in [0.05, 0.1) is 5.69 Å². The number of anilines is 1. The maximum Gasteiger partial charge on any atom is 0.298 e. The smallest absolute Gasteiger partial charge is 0.298 e. The number of hydrogen-bond acceptors (Lipinski definition) is 2. The van der Waals surface area contributed by atoms with Gasteiger partial charge < -0.3 is 9.88 Å². The Balaban J connectivity index is 2.15. The molecule has 2 aromatic rings. The first-order chi connectivity index (χ1) is 8.99. The van der Waals surface area contributed by atoms with Gasteiger partial charge in [-0.3, -0.25) is 9.59 Å². The van der Waals surface area contributed by atoms with Crippen LogP contribution in [-0.4, -0.2) is 16.3 Å². The van der Waals surface area contributed by atoms with E-state index in [0.717, 1.165) is 0 Å². The van der Waals surface area contributed by atoms with Crippen molar-refractivity contribution >= 4 is 17.4 Å². The molecule has 0 radical (unpaired) electrons. The summed E-state index contributed by atoms with van der Waals surface area (Å²) in [7, 11) is 1.67. The van der Waals surface area contributed by atoms with Crippen LogP contribution < -0.4 is 5.32 Å². The molecule has 0 fully saturated rings. The van der Waals surface area contributed by atoms with E-state index in [2.05, 4.69) is 5.32 Å². The van der Waals surface area contributed by atoms with Crippen molar-refractivity contribution in [1.82, 2.24) is 4.57 Å². The maximum absolute atomic E-state index is 13.3. The van der Waals surface area contributed by atoms with Crippen LogP contribution in [0.3, 0.4) is 0 Å². The highest BCUT2D eigenvalue weighted by atomic mass is 19.1. The predicted molar refractivity (Wildman–Crippen MR) is 69.5 cm³/mol. The zero-order valence-electron chi connectivity index (χ0n) is 10.6. The van der Waals surface area contributed by atoms with E-state index in [-0.39, 0.29) is 11.4 Å². The zero-order chi connectivity index (χ0) is 14.0. The third-order valence-electron chi connectivity index (χ3n) is 2.81. The number of aromatic nitrogens is 1. The Labute approximate surface area is 109 Å². The molecule has 1 N–H and O–H groups in total. The lowest BCUT2D eigenvalue weighted by Crippen LogP contribution is -2.24. The summed E-state index contributed by atoms with van der Waals surface area (Å²) < 4.78 is 14.9. The predicted octanol–water partition coefficient (Wildman–Crippen LogP) is 2.29. The SMILES string of the molecule is Cc1ccc(NC(=O)C(=O)c2cccn2C)cc1F. The quantitative estimate of drug-likeness (QED) is 0.680. The standard InChI is InChI=1S/C14H13FN2O2/c1-9-5-6-10(8-11(9)15)16-14(19)13(18)12-4-3-7-17(12)2/h3-8H,1-2H3,(H,16,19). The number of hydrogen-bond donors (Lipinski definition) is 1. The van der Waals surface area contributed by atoms with E-state index in [4.69, 9.17) is 0 Å². The van der Waals surface area contributed by atoms with Crippen molar-refractivity contribution in [3.05, 3.63) is 53.6 Å². The van der Waals surface area contributed by atoms with Gasteiger partial charge in [-0.1, -0.05) is 6.07 Å². The van der Waals surface area contributed by atoms with Crippen LogP contribution in [0, 0.1) is 12.7 Å². The molecule has 1 aromatic heterocycles. The van der Waals surface area contributed by atoms with Gasteiger partial charge in [0, 0.05) is 18.9 Å². The number of nitrogens with zero attached hydrogens (tertiary/aromatic N) is 1. The lowest BCUT2D eigenvalue weighted by molar-refractivity contribution is -0.112. The van der Waals surface area contributed by atoms with E-state index in [9.17, 15) is 14.0 Å². The average molecular weight is 260 g/mol. The number of halogens is 1. The molecule has 0 bridgehead atoms. The fourth-order valence-electron chi connectivity index (χ4n) is 1.67. The van der Waals surface area contributed by atoms with Gasteiger partial charge in [-0.15, -0.1) is 0 Å². The Morgan fingerprint density at radius 1 is 1.26 bits per heavy atom. The third kappa shape index (κ3) is 2.70. The van der Waals surface area contributed by atoms with Crippen LogP contribution in [0.5, 0.6) is 0 Å². The molecule has 19 heavy (non-hydrogen) atoms. The van der Waals surface area contributed by atoms with Crippen molar-refractivity contribution in [3.63, 3.8) is 0 Å². The summed E-state index contributed by atoms with van der Waals surface area (Å²) in [6, 6.07) is 7.50. The Hall–Kier alpha value is -2.43. The molecule has 1 amide bonds. The number of amides is 1. The molecule has 1 heterocycles. The van der Waals surface area contributed by atoms with Crippen molar-refractivity contribution in [1.29, 1.82) is 0 Å². The second kappa shape index (κ2) is 5.06. The lowest BCUT2D eigenvalue weighted by atomic mass is 10.2. The normalized spacial score (nSPS) is 10.3. The van der Waals surface area contributed by atoms with Crippen molar-refractivity contribution < 1.29 is 14.0 Å².